The van der Waals surface area contributed by atoms with E-state index in [-0.39, 0.29) is 0 Å². The molecule has 57 heavy (non-hydrogen) atoms. The van der Waals surface area contributed by atoms with E-state index in [0.717, 1.165) is 45.9 Å². The number of rotatable bonds is 5. The van der Waals surface area contributed by atoms with Crippen molar-refractivity contribution in [3.63, 3.8) is 0 Å². The lowest BCUT2D eigenvalue weighted by molar-refractivity contribution is 1.07. The molecule has 0 atom stereocenters. The molecule has 0 fully saturated rings. The molecule has 0 amide bonds. The first-order valence-electron chi connectivity index (χ1n) is 19.3. The van der Waals surface area contributed by atoms with Gasteiger partial charge in [0.2, 0.25) is 0 Å². The maximum atomic E-state index is 5.11. The van der Waals surface area contributed by atoms with E-state index in [2.05, 4.69) is 175 Å². The van der Waals surface area contributed by atoms with Gasteiger partial charge in [0.1, 0.15) is 0 Å². The Morgan fingerprint density at radius 2 is 0.982 bits per heavy atom. The average Bonchev–Trinajstić information content (AvgIpc) is 4.21. The van der Waals surface area contributed by atoms with Crippen molar-refractivity contribution in [3.05, 3.63) is 229 Å². The lowest BCUT2D eigenvalue weighted by atomic mass is 10.0. The quantitative estimate of drug-likeness (QED) is 0.176. The molecule has 268 valence electrons. The molecule has 0 saturated carbocycles. The highest BCUT2D eigenvalue weighted by Gasteiger charge is 2.37. The fraction of sp³-hybridized carbons (Fsp3) is 0.0192. The molecule has 1 aromatic heterocycles. The minimum absolute atomic E-state index is 0.610. The number of nitrogens with zero attached hydrogens (tertiary/aromatic N) is 5. The highest BCUT2D eigenvalue weighted by molar-refractivity contribution is 6.07. The van der Waals surface area contributed by atoms with Crippen LogP contribution in [0.2, 0.25) is 0 Å². The molecule has 4 aliphatic rings. The summed E-state index contributed by atoms with van der Waals surface area (Å²) in [5.41, 5.74) is 16.8. The van der Waals surface area contributed by atoms with Crippen LogP contribution >= 0.6 is 0 Å². The predicted molar refractivity (Wildman–Crippen MR) is 233 cm³/mol. The second-order valence-electron chi connectivity index (χ2n) is 14.5. The summed E-state index contributed by atoms with van der Waals surface area (Å²) in [7, 11) is 0. The lowest BCUT2D eigenvalue weighted by Crippen LogP contribution is -2.15. The molecular formula is C52H35N5. The van der Waals surface area contributed by atoms with Gasteiger partial charge in [-0.3, -0.25) is 0 Å². The molecule has 2 aliphatic heterocycles. The molecule has 5 heteroatoms. The van der Waals surface area contributed by atoms with Gasteiger partial charge in [0.25, 0.3) is 0 Å². The van der Waals surface area contributed by atoms with Crippen LogP contribution in [0.4, 0.5) is 28.4 Å². The van der Waals surface area contributed by atoms with Gasteiger partial charge in [0.05, 0.1) is 23.0 Å². The molecule has 7 aromatic rings. The van der Waals surface area contributed by atoms with Gasteiger partial charge in [-0.2, -0.15) is 0 Å². The first kappa shape index (κ1) is 33.0. The van der Waals surface area contributed by atoms with Crippen molar-refractivity contribution in [2.24, 2.45) is 0 Å². The van der Waals surface area contributed by atoms with E-state index in [0.29, 0.717) is 17.5 Å². The van der Waals surface area contributed by atoms with Crippen molar-refractivity contribution in [2.75, 3.05) is 9.80 Å². The summed E-state index contributed by atoms with van der Waals surface area (Å²) < 4.78 is 0. The monoisotopic (exact) mass is 729 g/mol. The first-order chi connectivity index (χ1) is 28.2. The van der Waals surface area contributed by atoms with Gasteiger partial charge in [0.15, 0.2) is 17.5 Å². The zero-order valence-electron chi connectivity index (χ0n) is 31.0. The molecule has 0 N–H and O–H groups in total. The normalized spacial score (nSPS) is 16.5. The number of anilines is 5. The Morgan fingerprint density at radius 1 is 0.474 bits per heavy atom. The highest BCUT2D eigenvalue weighted by atomic mass is 15.2. The molecular weight excluding hydrogens is 695 g/mol. The Bertz CT molecular complexity index is 2860. The summed E-state index contributed by atoms with van der Waals surface area (Å²) in [5.74, 6) is 3.17. The number of hydrogen-bond acceptors (Lipinski definition) is 5. The zero-order chi connectivity index (χ0) is 37.9. The van der Waals surface area contributed by atoms with Crippen LogP contribution in [0.3, 0.4) is 0 Å². The van der Waals surface area contributed by atoms with Crippen molar-refractivity contribution >= 4 is 39.6 Å². The Hall–Kier alpha value is -7.37. The molecule has 0 unspecified atom stereocenters. The Kier molecular flexibility index (Phi) is 7.78. The van der Waals surface area contributed by atoms with Gasteiger partial charge < -0.3 is 9.80 Å². The average molecular weight is 730 g/mol. The van der Waals surface area contributed by atoms with Crippen LogP contribution in [0.25, 0.3) is 45.3 Å². The summed E-state index contributed by atoms with van der Waals surface area (Å²) in [6, 6.07) is 53.0. The largest absolute Gasteiger partial charge is 0.310 e. The number of benzene rings is 6. The van der Waals surface area contributed by atoms with E-state index in [4.69, 9.17) is 15.0 Å². The number of allylic oxidation sites excluding steroid dienone is 8. The van der Waals surface area contributed by atoms with Crippen LogP contribution in [-0.2, 0) is 0 Å². The van der Waals surface area contributed by atoms with Crippen LogP contribution in [-0.4, -0.2) is 15.0 Å². The fourth-order valence-electron chi connectivity index (χ4n) is 8.05. The third-order valence-electron chi connectivity index (χ3n) is 11.0. The SMILES string of the molecule is C=C1/C=C\C=C/CC2=C([CH]2)c2ccccc2N1c1ccc(-c2nc(-c3ccccc3)nc(-c3ccc(N4c5ccccc5[C]5C=C5c5ccccc54)cc3)n2)cc1. The summed E-state index contributed by atoms with van der Waals surface area (Å²) >= 11 is 0. The zero-order valence-corrected chi connectivity index (χ0v) is 31.0. The molecule has 0 bridgehead atoms. The second kappa shape index (κ2) is 13.4. The van der Waals surface area contributed by atoms with E-state index in [9.17, 15) is 0 Å². The standard InChI is InChI=1S/C52H35N5/c1-34-14-4-2-7-17-38-32-44(38)41-18-8-11-21-47(41)56(34)39-28-24-36(25-29-39)51-53-50(35-15-5-3-6-16-35)54-52(55-51)37-26-30-40(31-27-37)57-48-22-12-9-19-42(48)45-33-46(45)43-20-10-13-23-49(43)57/h2-16,18-33H,1,17H2/b7-2-,14-4-. The Labute approximate surface area is 332 Å². The third-order valence-corrected chi connectivity index (χ3v) is 11.0. The van der Waals surface area contributed by atoms with E-state index in [1.807, 2.05) is 30.3 Å². The lowest BCUT2D eigenvalue weighted by Gasteiger charge is -2.27. The smallest absolute Gasteiger partial charge is 0.164 e. The molecule has 2 radical (unpaired) electrons. The van der Waals surface area contributed by atoms with Crippen LogP contribution < -0.4 is 9.80 Å². The van der Waals surface area contributed by atoms with E-state index in [1.54, 1.807) is 0 Å². The molecule has 0 saturated heterocycles. The molecule has 0 spiro atoms. The van der Waals surface area contributed by atoms with Crippen LogP contribution in [0.5, 0.6) is 0 Å². The second-order valence-corrected chi connectivity index (χ2v) is 14.5. The van der Waals surface area contributed by atoms with Crippen LogP contribution in [0, 0.1) is 12.3 Å². The van der Waals surface area contributed by atoms with Gasteiger partial charge in [0, 0.05) is 51.3 Å². The third kappa shape index (κ3) is 5.92. The molecule has 11 rings (SSSR count). The molecule has 2 aliphatic carbocycles. The van der Waals surface area contributed by atoms with Gasteiger partial charge in [-0.05, 0) is 95.9 Å². The fourth-order valence-corrected chi connectivity index (χ4v) is 8.05. The minimum Gasteiger partial charge on any atom is -0.310 e. The number of aromatic nitrogens is 3. The van der Waals surface area contributed by atoms with Crippen LogP contribution in [0.1, 0.15) is 23.1 Å². The molecule has 6 aromatic carbocycles. The van der Waals surface area contributed by atoms with E-state index < -0.39 is 0 Å². The van der Waals surface area contributed by atoms with Gasteiger partial charge in [-0.15, -0.1) is 0 Å². The van der Waals surface area contributed by atoms with Crippen molar-refractivity contribution < 1.29 is 0 Å². The Morgan fingerprint density at radius 3 is 1.63 bits per heavy atom. The highest BCUT2D eigenvalue weighted by Crippen LogP contribution is 2.56. The number of para-hydroxylation sites is 3. The molecule has 3 heterocycles. The maximum absolute atomic E-state index is 5.11. The minimum atomic E-state index is 0.610. The predicted octanol–water partition coefficient (Wildman–Crippen LogP) is 12.8. The number of hydrogen-bond donors (Lipinski definition) is 0. The van der Waals surface area contributed by atoms with Crippen molar-refractivity contribution in [3.8, 4) is 34.2 Å². The number of fused-ring (bicyclic) bond motifs is 7. The van der Waals surface area contributed by atoms with Gasteiger partial charge in [-0.25, -0.2) is 15.0 Å². The van der Waals surface area contributed by atoms with Gasteiger partial charge in [-0.1, -0.05) is 121 Å². The van der Waals surface area contributed by atoms with E-state index >= 15 is 0 Å². The molecule has 5 nitrogen and oxygen atoms in total. The topological polar surface area (TPSA) is 45.2 Å². The Balaban J connectivity index is 0.974. The maximum Gasteiger partial charge on any atom is 0.164 e. The van der Waals surface area contributed by atoms with E-state index in [1.165, 1.54) is 50.7 Å². The summed E-state index contributed by atoms with van der Waals surface area (Å²) in [6.07, 6.45) is 13.9. The first-order valence-corrected chi connectivity index (χ1v) is 19.3. The van der Waals surface area contributed by atoms with Crippen molar-refractivity contribution in [1.82, 2.24) is 15.0 Å². The van der Waals surface area contributed by atoms with Gasteiger partial charge >= 0.3 is 0 Å². The summed E-state index contributed by atoms with van der Waals surface area (Å²) in [4.78, 5) is 19.8. The van der Waals surface area contributed by atoms with Crippen molar-refractivity contribution in [1.29, 1.82) is 0 Å². The summed E-state index contributed by atoms with van der Waals surface area (Å²) in [5, 5.41) is 0. The van der Waals surface area contributed by atoms with Crippen LogP contribution in [0.15, 0.2) is 200 Å². The van der Waals surface area contributed by atoms with Crippen molar-refractivity contribution in [2.45, 2.75) is 6.42 Å². The summed E-state index contributed by atoms with van der Waals surface area (Å²) in [6.45, 7) is 4.49.